The predicted molar refractivity (Wildman–Crippen MR) is 94.0 cm³/mol. The molecule has 130 valence electrons. The lowest BCUT2D eigenvalue weighted by Crippen LogP contribution is -2.36. The Hall–Kier alpha value is -2.98. The highest BCUT2D eigenvalue weighted by Gasteiger charge is 2.24. The average molecular weight is 340 g/mol. The van der Waals surface area contributed by atoms with Gasteiger partial charge in [0.05, 0.1) is 42.9 Å². The number of ether oxygens (including phenoxy) is 2. The third kappa shape index (κ3) is 3.04. The van der Waals surface area contributed by atoms with Crippen LogP contribution in [0.5, 0.6) is 0 Å². The van der Waals surface area contributed by atoms with Crippen LogP contribution in [-0.2, 0) is 9.47 Å². The van der Waals surface area contributed by atoms with Crippen LogP contribution in [0.15, 0.2) is 24.4 Å². The Morgan fingerprint density at radius 1 is 1.32 bits per heavy atom. The smallest absolute Gasteiger partial charge is 0.357 e. The summed E-state index contributed by atoms with van der Waals surface area (Å²) in [6.07, 6.45) is 1.58. The molecule has 2 aromatic rings. The van der Waals surface area contributed by atoms with E-state index in [0.29, 0.717) is 13.2 Å². The lowest BCUT2D eigenvalue weighted by Gasteiger charge is -2.31. The fourth-order valence-electron chi connectivity index (χ4n) is 3.00. The number of esters is 1. The summed E-state index contributed by atoms with van der Waals surface area (Å²) in [5.41, 5.74) is 9.34. The highest BCUT2D eigenvalue weighted by atomic mass is 16.5. The number of rotatable bonds is 3. The summed E-state index contributed by atoms with van der Waals surface area (Å²) < 4.78 is 11.9. The summed E-state index contributed by atoms with van der Waals surface area (Å²) in [6, 6.07) is 8.03. The summed E-state index contributed by atoms with van der Waals surface area (Å²) in [4.78, 5) is 14.5. The molecule has 0 unspecified atom stereocenters. The van der Waals surface area contributed by atoms with Gasteiger partial charge in [-0.2, -0.15) is 5.26 Å². The molecule has 0 amide bonds. The van der Waals surface area contributed by atoms with Crippen molar-refractivity contribution in [2.45, 2.75) is 6.92 Å². The van der Waals surface area contributed by atoms with Gasteiger partial charge in [0, 0.05) is 19.3 Å². The Kier molecular flexibility index (Phi) is 4.63. The van der Waals surface area contributed by atoms with Crippen LogP contribution in [0.1, 0.15) is 21.6 Å². The van der Waals surface area contributed by atoms with Crippen molar-refractivity contribution < 1.29 is 14.3 Å². The molecular weight excluding hydrogens is 320 g/mol. The second-order valence-electron chi connectivity index (χ2n) is 5.87. The number of aromatic nitrogens is 1. The predicted octanol–water partition coefficient (Wildman–Crippen LogP) is 1.86. The van der Waals surface area contributed by atoms with Gasteiger partial charge in [-0.3, -0.25) is 0 Å². The summed E-state index contributed by atoms with van der Waals surface area (Å²) in [7, 11) is 1.30. The maximum atomic E-state index is 12.3. The van der Waals surface area contributed by atoms with Gasteiger partial charge in [0.25, 0.3) is 0 Å². The van der Waals surface area contributed by atoms with E-state index >= 15 is 0 Å². The number of carbonyl (C=O) groups excluding carboxylic acids is 1. The van der Waals surface area contributed by atoms with Crippen LogP contribution >= 0.6 is 0 Å². The zero-order valence-electron chi connectivity index (χ0n) is 14.3. The molecule has 2 heterocycles. The third-order valence-corrected chi connectivity index (χ3v) is 4.29. The summed E-state index contributed by atoms with van der Waals surface area (Å²) in [5, 5.41) is 9.31. The number of anilines is 2. The molecule has 1 saturated heterocycles. The molecule has 1 aliphatic heterocycles. The van der Waals surface area contributed by atoms with Gasteiger partial charge < -0.3 is 24.7 Å². The molecule has 0 bridgehead atoms. The number of benzene rings is 1. The maximum Gasteiger partial charge on any atom is 0.357 e. The van der Waals surface area contributed by atoms with Crippen LogP contribution < -0.4 is 10.6 Å². The second-order valence-corrected chi connectivity index (χ2v) is 5.87. The zero-order chi connectivity index (χ0) is 18.0. The number of nitrogens with two attached hydrogens (primary N) is 1. The molecule has 2 N–H and O–H groups in total. The fourth-order valence-corrected chi connectivity index (χ4v) is 3.00. The molecule has 0 aliphatic carbocycles. The van der Waals surface area contributed by atoms with Gasteiger partial charge in [0.1, 0.15) is 6.07 Å². The molecule has 1 fully saturated rings. The van der Waals surface area contributed by atoms with E-state index in [1.54, 1.807) is 10.8 Å². The number of nitriles is 1. The molecule has 0 saturated carbocycles. The quantitative estimate of drug-likeness (QED) is 0.857. The van der Waals surface area contributed by atoms with Crippen molar-refractivity contribution in [3.05, 3.63) is 41.2 Å². The van der Waals surface area contributed by atoms with Crippen molar-refractivity contribution >= 4 is 17.3 Å². The number of hydrogen-bond donors (Lipinski definition) is 1. The number of nitrogens with zero attached hydrogens (tertiary/aromatic N) is 3. The minimum absolute atomic E-state index is 0.129. The average Bonchev–Trinajstić information content (AvgIpc) is 2.98. The van der Waals surface area contributed by atoms with Gasteiger partial charge in [-0.05, 0) is 24.6 Å². The fraction of sp³-hybridized carbons (Fsp3) is 0.333. The van der Waals surface area contributed by atoms with Crippen LogP contribution in [0.3, 0.4) is 0 Å². The van der Waals surface area contributed by atoms with E-state index in [4.69, 9.17) is 15.2 Å². The van der Waals surface area contributed by atoms with Gasteiger partial charge in [-0.1, -0.05) is 6.07 Å². The zero-order valence-corrected chi connectivity index (χ0v) is 14.3. The Balaban J connectivity index is 2.21. The van der Waals surface area contributed by atoms with Crippen molar-refractivity contribution in [1.82, 2.24) is 4.57 Å². The minimum atomic E-state index is -0.576. The van der Waals surface area contributed by atoms with E-state index in [1.807, 2.05) is 31.2 Å². The van der Waals surface area contributed by atoms with Crippen LogP contribution in [0.25, 0.3) is 5.69 Å². The van der Waals surface area contributed by atoms with E-state index in [9.17, 15) is 10.1 Å². The molecule has 0 radical (unpaired) electrons. The van der Waals surface area contributed by atoms with Gasteiger partial charge in [-0.25, -0.2) is 4.79 Å². The van der Waals surface area contributed by atoms with Gasteiger partial charge in [0.2, 0.25) is 0 Å². The third-order valence-electron chi connectivity index (χ3n) is 4.29. The standard InChI is InChI=1S/C18H20N4O3/c1-12-3-4-14(21-5-7-25-8-6-21)15(9-12)22-11-13(10-19)16(20)17(22)18(23)24-2/h3-4,9,11H,5-8,20H2,1-2H3. The first-order valence-electron chi connectivity index (χ1n) is 7.99. The van der Waals surface area contributed by atoms with Crippen molar-refractivity contribution in [2.75, 3.05) is 44.0 Å². The summed E-state index contributed by atoms with van der Waals surface area (Å²) >= 11 is 0. The van der Waals surface area contributed by atoms with Crippen LogP contribution in [0.2, 0.25) is 0 Å². The Labute approximate surface area is 146 Å². The molecule has 7 nitrogen and oxygen atoms in total. The number of methoxy groups -OCH3 is 1. The first-order chi connectivity index (χ1) is 12.1. The lowest BCUT2D eigenvalue weighted by atomic mass is 10.1. The van der Waals surface area contributed by atoms with Crippen LogP contribution in [-0.4, -0.2) is 43.9 Å². The highest BCUT2D eigenvalue weighted by Crippen LogP contribution is 2.32. The van der Waals surface area contributed by atoms with E-state index in [1.165, 1.54) is 7.11 Å². The molecule has 0 atom stereocenters. The number of morpholine rings is 1. The largest absolute Gasteiger partial charge is 0.464 e. The number of hydrogen-bond acceptors (Lipinski definition) is 6. The van der Waals surface area contributed by atoms with Crippen molar-refractivity contribution in [2.24, 2.45) is 0 Å². The van der Waals surface area contributed by atoms with Crippen LogP contribution in [0.4, 0.5) is 11.4 Å². The molecular formula is C18H20N4O3. The van der Waals surface area contributed by atoms with E-state index in [0.717, 1.165) is 30.0 Å². The van der Waals surface area contributed by atoms with E-state index in [2.05, 4.69) is 4.90 Å². The number of carbonyl (C=O) groups is 1. The lowest BCUT2D eigenvalue weighted by molar-refractivity contribution is 0.0593. The Bertz CT molecular complexity index is 845. The van der Waals surface area contributed by atoms with Crippen LogP contribution in [0, 0.1) is 18.3 Å². The van der Waals surface area contributed by atoms with Gasteiger partial charge >= 0.3 is 5.97 Å². The van der Waals surface area contributed by atoms with Crippen molar-refractivity contribution in [3.8, 4) is 11.8 Å². The van der Waals surface area contributed by atoms with E-state index in [-0.39, 0.29) is 16.9 Å². The Morgan fingerprint density at radius 3 is 2.68 bits per heavy atom. The molecule has 0 spiro atoms. The minimum Gasteiger partial charge on any atom is -0.464 e. The van der Waals surface area contributed by atoms with E-state index < -0.39 is 5.97 Å². The highest BCUT2D eigenvalue weighted by molar-refractivity contribution is 5.96. The first-order valence-corrected chi connectivity index (χ1v) is 7.99. The second kappa shape index (κ2) is 6.87. The summed E-state index contributed by atoms with van der Waals surface area (Å²) in [6.45, 7) is 4.78. The Morgan fingerprint density at radius 2 is 2.04 bits per heavy atom. The van der Waals surface area contributed by atoms with Crippen molar-refractivity contribution in [1.29, 1.82) is 5.26 Å². The molecule has 25 heavy (non-hydrogen) atoms. The molecule has 3 rings (SSSR count). The summed E-state index contributed by atoms with van der Waals surface area (Å²) in [5.74, 6) is -0.576. The molecule has 1 aromatic heterocycles. The topological polar surface area (TPSA) is 93.5 Å². The monoisotopic (exact) mass is 340 g/mol. The van der Waals surface area contributed by atoms with Gasteiger partial charge in [0.15, 0.2) is 5.69 Å². The van der Waals surface area contributed by atoms with Gasteiger partial charge in [-0.15, -0.1) is 0 Å². The maximum absolute atomic E-state index is 12.3. The first kappa shape index (κ1) is 16.9. The molecule has 7 heteroatoms. The molecule has 1 aromatic carbocycles. The number of nitrogen functional groups attached to an aromatic ring is 1. The number of aryl methyl sites for hydroxylation is 1. The van der Waals surface area contributed by atoms with Crippen molar-refractivity contribution in [3.63, 3.8) is 0 Å². The SMILES string of the molecule is COC(=O)c1c(N)c(C#N)cn1-c1cc(C)ccc1N1CCOCC1. The normalized spacial score (nSPS) is 14.2. The molecule has 1 aliphatic rings.